The second-order valence-electron chi connectivity index (χ2n) is 5.92. The standard InChI is InChI=1S/C17H26N2O2/c1-4-19(15-8-6-5-7-9-15)17(21)14(3)18-11-10-13(2)16(20)12-18/h5-9,13-14,16,20H,4,10-12H2,1-3H3. The van der Waals surface area contributed by atoms with E-state index >= 15 is 0 Å². The van der Waals surface area contributed by atoms with E-state index in [0.717, 1.165) is 18.7 Å². The number of carbonyl (C=O) groups excluding carboxylic acids is 1. The normalized spacial score (nSPS) is 24.6. The van der Waals surface area contributed by atoms with Gasteiger partial charge in [-0.15, -0.1) is 0 Å². The lowest BCUT2D eigenvalue weighted by Crippen LogP contribution is -2.53. The molecule has 116 valence electrons. The van der Waals surface area contributed by atoms with E-state index < -0.39 is 0 Å². The van der Waals surface area contributed by atoms with Gasteiger partial charge in [-0.05, 0) is 44.9 Å². The number of piperidine rings is 1. The number of anilines is 1. The van der Waals surface area contributed by atoms with Crippen LogP contribution in [0.3, 0.4) is 0 Å². The second kappa shape index (κ2) is 7.05. The van der Waals surface area contributed by atoms with Crippen molar-refractivity contribution in [3.8, 4) is 0 Å². The zero-order valence-corrected chi connectivity index (χ0v) is 13.2. The van der Waals surface area contributed by atoms with Crippen molar-refractivity contribution < 1.29 is 9.90 Å². The molecule has 0 aliphatic carbocycles. The molecule has 0 spiro atoms. The molecule has 0 saturated carbocycles. The lowest BCUT2D eigenvalue weighted by molar-refractivity contribution is -0.124. The SMILES string of the molecule is CCN(C(=O)C(C)N1CCC(C)C(O)C1)c1ccccc1. The molecule has 0 aromatic heterocycles. The summed E-state index contributed by atoms with van der Waals surface area (Å²) in [5, 5.41) is 10.0. The number of amides is 1. The fourth-order valence-electron chi connectivity index (χ4n) is 2.88. The van der Waals surface area contributed by atoms with Crippen LogP contribution in [0.5, 0.6) is 0 Å². The van der Waals surface area contributed by atoms with Gasteiger partial charge in [-0.2, -0.15) is 0 Å². The van der Waals surface area contributed by atoms with E-state index in [9.17, 15) is 9.90 Å². The number of hydrogen-bond acceptors (Lipinski definition) is 3. The summed E-state index contributed by atoms with van der Waals surface area (Å²) in [4.78, 5) is 16.7. The van der Waals surface area contributed by atoms with Gasteiger partial charge < -0.3 is 10.0 Å². The molecule has 2 rings (SSSR count). The zero-order valence-electron chi connectivity index (χ0n) is 13.2. The van der Waals surface area contributed by atoms with E-state index in [4.69, 9.17) is 0 Å². The van der Waals surface area contributed by atoms with Crippen molar-refractivity contribution in [3.05, 3.63) is 30.3 Å². The van der Waals surface area contributed by atoms with E-state index in [-0.39, 0.29) is 18.1 Å². The van der Waals surface area contributed by atoms with Gasteiger partial charge in [0.05, 0.1) is 12.1 Å². The molecular weight excluding hydrogens is 264 g/mol. The average Bonchev–Trinajstić information content (AvgIpc) is 2.51. The molecule has 0 bridgehead atoms. The van der Waals surface area contributed by atoms with E-state index in [0.29, 0.717) is 19.0 Å². The van der Waals surface area contributed by atoms with Crippen LogP contribution in [0, 0.1) is 5.92 Å². The Balaban J connectivity index is 2.07. The molecule has 4 heteroatoms. The summed E-state index contributed by atoms with van der Waals surface area (Å²) in [5.74, 6) is 0.422. The maximum atomic E-state index is 12.8. The van der Waals surface area contributed by atoms with Crippen molar-refractivity contribution in [2.75, 3.05) is 24.5 Å². The van der Waals surface area contributed by atoms with Crippen LogP contribution < -0.4 is 4.90 Å². The van der Waals surface area contributed by atoms with Crippen LogP contribution in [0.4, 0.5) is 5.69 Å². The Morgan fingerprint density at radius 3 is 2.67 bits per heavy atom. The summed E-state index contributed by atoms with van der Waals surface area (Å²) in [5.41, 5.74) is 0.933. The Morgan fingerprint density at radius 1 is 1.43 bits per heavy atom. The summed E-state index contributed by atoms with van der Waals surface area (Å²) in [6.07, 6.45) is 0.608. The quantitative estimate of drug-likeness (QED) is 0.924. The van der Waals surface area contributed by atoms with Crippen molar-refractivity contribution in [1.29, 1.82) is 0 Å². The van der Waals surface area contributed by atoms with Crippen LogP contribution in [-0.2, 0) is 4.79 Å². The average molecular weight is 290 g/mol. The number of carbonyl (C=O) groups is 1. The van der Waals surface area contributed by atoms with Crippen molar-refractivity contribution >= 4 is 11.6 Å². The minimum absolute atomic E-state index is 0.102. The van der Waals surface area contributed by atoms with Gasteiger partial charge in [0.25, 0.3) is 0 Å². The Morgan fingerprint density at radius 2 is 2.10 bits per heavy atom. The first-order valence-corrected chi connectivity index (χ1v) is 7.83. The van der Waals surface area contributed by atoms with Gasteiger partial charge >= 0.3 is 0 Å². The Hall–Kier alpha value is -1.39. The number of aliphatic hydroxyl groups is 1. The van der Waals surface area contributed by atoms with Gasteiger partial charge in [0, 0.05) is 18.8 Å². The van der Waals surface area contributed by atoms with Gasteiger partial charge in [-0.3, -0.25) is 9.69 Å². The third-order valence-electron chi connectivity index (χ3n) is 4.51. The number of hydrogen-bond donors (Lipinski definition) is 1. The maximum Gasteiger partial charge on any atom is 0.244 e. The number of likely N-dealkylation sites (N-methyl/N-ethyl adjacent to an activating group) is 1. The monoisotopic (exact) mass is 290 g/mol. The van der Waals surface area contributed by atoms with Gasteiger partial charge in [0.2, 0.25) is 5.91 Å². The minimum atomic E-state index is -0.333. The van der Waals surface area contributed by atoms with Crippen molar-refractivity contribution in [1.82, 2.24) is 4.90 Å². The summed E-state index contributed by atoms with van der Waals surface area (Å²) in [6.45, 7) is 8.11. The molecule has 1 aliphatic rings. The first-order chi connectivity index (χ1) is 10.0. The molecule has 1 aromatic rings. The molecule has 1 N–H and O–H groups in total. The lowest BCUT2D eigenvalue weighted by atomic mass is 9.95. The number of β-amino-alcohol motifs (C(OH)–C–C–N with tert-alkyl or cyclic N) is 1. The second-order valence-corrected chi connectivity index (χ2v) is 5.92. The zero-order chi connectivity index (χ0) is 15.4. The van der Waals surface area contributed by atoms with Gasteiger partial charge in [-0.25, -0.2) is 0 Å². The fourth-order valence-corrected chi connectivity index (χ4v) is 2.88. The molecule has 1 heterocycles. The predicted octanol–water partition coefficient (Wildman–Crippen LogP) is 2.13. The van der Waals surface area contributed by atoms with Gasteiger partial charge in [0.1, 0.15) is 0 Å². The molecule has 1 aliphatic heterocycles. The molecule has 3 atom stereocenters. The summed E-state index contributed by atoms with van der Waals surface area (Å²) < 4.78 is 0. The van der Waals surface area contributed by atoms with Crippen LogP contribution in [0.25, 0.3) is 0 Å². The highest BCUT2D eigenvalue weighted by Crippen LogP contribution is 2.21. The summed E-state index contributed by atoms with van der Waals surface area (Å²) >= 11 is 0. The van der Waals surface area contributed by atoms with Crippen LogP contribution in [0.2, 0.25) is 0 Å². The Kier molecular flexibility index (Phi) is 5.37. The molecule has 1 saturated heterocycles. The minimum Gasteiger partial charge on any atom is -0.392 e. The first kappa shape index (κ1) is 16.0. The summed E-state index contributed by atoms with van der Waals surface area (Å²) in [6, 6.07) is 9.56. The molecule has 1 aromatic carbocycles. The third-order valence-corrected chi connectivity index (χ3v) is 4.51. The van der Waals surface area contributed by atoms with Crippen LogP contribution in [-0.4, -0.2) is 47.7 Å². The van der Waals surface area contributed by atoms with E-state index in [2.05, 4.69) is 11.8 Å². The fraction of sp³-hybridized carbons (Fsp3) is 0.588. The largest absolute Gasteiger partial charge is 0.392 e. The molecule has 4 nitrogen and oxygen atoms in total. The lowest BCUT2D eigenvalue weighted by Gasteiger charge is -2.38. The van der Waals surface area contributed by atoms with Crippen LogP contribution in [0.1, 0.15) is 27.2 Å². The van der Waals surface area contributed by atoms with Gasteiger partial charge in [0.15, 0.2) is 0 Å². The molecule has 3 unspecified atom stereocenters. The molecule has 1 amide bonds. The van der Waals surface area contributed by atoms with Crippen LogP contribution in [0.15, 0.2) is 30.3 Å². The van der Waals surface area contributed by atoms with Crippen LogP contribution >= 0.6 is 0 Å². The van der Waals surface area contributed by atoms with Crippen molar-refractivity contribution in [2.24, 2.45) is 5.92 Å². The smallest absolute Gasteiger partial charge is 0.244 e. The number of rotatable bonds is 4. The molecule has 21 heavy (non-hydrogen) atoms. The third kappa shape index (κ3) is 3.63. The molecule has 1 fully saturated rings. The number of likely N-dealkylation sites (tertiary alicyclic amines) is 1. The van der Waals surface area contributed by atoms with E-state index in [1.165, 1.54) is 0 Å². The number of aliphatic hydroxyl groups excluding tert-OH is 1. The predicted molar refractivity (Wildman–Crippen MR) is 85.3 cm³/mol. The molecular formula is C17H26N2O2. The van der Waals surface area contributed by atoms with E-state index in [1.807, 2.05) is 49.1 Å². The van der Waals surface area contributed by atoms with Gasteiger partial charge in [-0.1, -0.05) is 25.1 Å². The van der Waals surface area contributed by atoms with E-state index in [1.54, 1.807) is 0 Å². The topological polar surface area (TPSA) is 43.8 Å². The van der Waals surface area contributed by atoms with Crippen molar-refractivity contribution in [2.45, 2.75) is 39.3 Å². The first-order valence-electron chi connectivity index (χ1n) is 7.83. The molecule has 0 radical (unpaired) electrons. The highest BCUT2D eigenvalue weighted by Gasteiger charge is 2.32. The highest BCUT2D eigenvalue weighted by atomic mass is 16.3. The number of para-hydroxylation sites is 1. The number of benzene rings is 1. The summed E-state index contributed by atoms with van der Waals surface area (Å²) in [7, 11) is 0. The maximum absolute atomic E-state index is 12.8. The Bertz CT molecular complexity index is 463. The highest BCUT2D eigenvalue weighted by molar-refractivity contribution is 5.96. The van der Waals surface area contributed by atoms with Crippen molar-refractivity contribution in [3.63, 3.8) is 0 Å². The Labute approximate surface area is 127 Å². The number of nitrogens with zero attached hydrogens (tertiary/aromatic N) is 2.